The fraction of sp³-hybridized carbons (Fsp3) is 0.200. The quantitative estimate of drug-likeness (QED) is 0.546. The molecule has 0 unspecified atom stereocenters. The predicted molar refractivity (Wildman–Crippen MR) is 90.7 cm³/mol. The molecule has 0 spiro atoms. The van der Waals surface area contributed by atoms with Gasteiger partial charge in [-0.05, 0) is 80.8 Å². The molecule has 1 aromatic rings. The van der Waals surface area contributed by atoms with E-state index in [9.17, 15) is 9.59 Å². The third-order valence-electron chi connectivity index (χ3n) is 1.90. The van der Waals surface area contributed by atoms with E-state index in [4.69, 9.17) is 5.11 Å². The maximum Gasteiger partial charge on any atom is 0.337 e. The van der Waals surface area contributed by atoms with Crippen molar-refractivity contribution in [3.63, 3.8) is 0 Å². The van der Waals surface area contributed by atoms with Gasteiger partial charge in [-0.3, -0.25) is 4.79 Å². The van der Waals surface area contributed by atoms with Gasteiger partial charge >= 0.3 is 5.97 Å². The zero-order valence-electron chi connectivity index (χ0n) is 8.68. The van der Waals surface area contributed by atoms with Crippen molar-refractivity contribution in [2.45, 2.75) is 6.92 Å². The van der Waals surface area contributed by atoms with Crippen LogP contribution in [0.3, 0.4) is 0 Å². The molecule has 0 saturated heterocycles. The second kappa shape index (κ2) is 6.50. The molecule has 0 amide bonds. The van der Waals surface area contributed by atoms with E-state index in [0.717, 1.165) is 3.57 Å². The third kappa shape index (κ3) is 3.91. The summed E-state index contributed by atoms with van der Waals surface area (Å²) in [7, 11) is 0. The lowest BCUT2D eigenvalue weighted by atomic mass is 10.2. The number of hydrogen-bond donors (Lipinski definition) is 2. The van der Waals surface area contributed by atoms with Crippen LogP contribution in [0, 0.1) is 10.7 Å². The van der Waals surface area contributed by atoms with Gasteiger partial charge in [0.05, 0.1) is 21.4 Å². The molecule has 0 aromatic heterocycles. The van der Waals surface area contributed by atoms with E-state index in [0.29, 0.717) is 12.8 Å². The zero-order valence-corrected chi connectivity index (χ0v) is 15.2. The summed E-state index contributed by atoms with van der Waals surface area (Å²) in [6, 6.07) is 1.79. The summed E-state index contributed by atoms with van der Waals surface area (Å²) in [5, 5.41) is 12.1. The number of anilines is 1. The van der Waals surface area contributed by atoms with Gasteiger partial charge in [0, 0.05) is 7.14 Å². The molecule has 0 aliphatic rings. The molecule has 0 saturated carbocycles. The van der Waals surface area contributed by atoms with Gasteiger partial charge in [0.1, 0.15) is 5.78 Å². The summed E-state index contributed by atoms with van der Waals surface area (Å²) in [6.07, 6.45) is 0. The van der Waals surface area contributed by atoms with E-state index in [1.165, 1.54) is 6.92 Å². The fourth-order valence-electron chi connectivity index (χ4n) is 1.16. The lowest BCUT2D eigenvalue weighted by Gasteiger charge is -2.13. The topological polar surface area (TPSA) is 66.4 Å². The second-order valence-corrected chi connectivity index (χ2v) is 6.67. The number of hydrogen-bond acceptors (Lipinski definition) is 3. The number of carboxylic acid groups (broad SMARTS) is 1. The molecular weight excluding hydrogens is 563 g/mol. The Labute approximate surface area is 139 Å². The van der Waals surface area contributed by atoms with E-state index in [1.54, 1.807) is 6.07 Å². The van der Waals surface area contributed by atoms with Crippen LogP contribution in [0.5, 0.6) is 0 Å². The molecule has 0 aliphatic carbocycles. The highest BCUT2D eigenvalue weighted by Crippen LogP contribution is 2.31. The molecule has 4 nitrogen and oxygen atoms in total. The van der Waals surface area contributed by atoms with Crippen molar-refractivity contribution in [1.29, 1.82) is 0 Å². The number of aromatic carboxylic acids is 1. The SMILES string of the molecule is CC(=O)CNc1c(I)cc(I)c(C(=O)O)c1I. The largest absolute Gasteiger partial charge is 0.478 e. The summed E-state index contributed by atoms with van der Waals surface area (Å²) in [6.45, 7) is 1.68. The first kappa shape index (κ1) is 15.4. The van der Waals surface area contributed by atoms with Gasteiger partial charge in [-0.1, -0.05) is 0 Å². The van der Waals surface area contributed by atoms with Crippen molar-refractivity contribution in [3.05, 3.63) is 22.3 Å². The second-order valence-electron chi connectivity index (χ2n) is 3.26. The van der Waals surface area contributed by atoms with Crippen LogP contribution in [0.25, 0.3) is 0 Å². The minimum absolute atomic E-state index is 0.00650. The van der Waals surface area contributed by atoms with Crippen LogP contribution in [0.2, 0.25) is 0 Å². The van der Waals surface area contributed by atoms with Crippen molar-refractivity contribution in [3.8, 4) is 0 Å². The van der Waals surface area contributed by atoms with E-state index >= 15 is 0 Å². The number of nitrogens with one attached hydrogen (secondary N) is 1. The molecule has 0 aliphatic heterocycles. The number of ketones is 1. The Morgan fingerprint density at radius 1 is 1.29 bits per heavy atom. The highest BCUT2D eigenvalue weighted by Gasteiger charge is 2.19. The molecule has 92 valence electrons. The molecule has 2 N–H and O–H groups in total. The summed E-state index contributed by atoms with van der Waals surface area (Å²) in [5.74, 6) is -0.951. The van der Waals surface area contributed by atoms with Gasteiger partial charge < -0.3 is 10.4 Å². The minimum atomic E-state index is -0.957. The van der Waals surface area contributed by atoms with E-state index in [-0.39, 0.29) is 17.9 Å². The first-order chi connectivity index (χ1) is 7.84. The number of carbonyl (C=O) groups excluding carboxylic acids is 1. The number of benzene rings is 1. The lowest BCUT2D eigenvalue weighted by molar-refractivity contribution is -0.115. The van der Waals surface area contributed by atoms with Crippen LogP contribution in [-0.4, -0.2) is 23.4 Å². The first-order valence-corrected chi connectivity index (χ1v) is 7.72. The Morgan fingerprint density at radius 3 is 2.35 bits per heavy atom. The number of carboxylic acids is 1. The molecule has 0 fully saturated rings. The Kier molecular flexibility index (Phi) is 5.89. The smallest absolute Gasteiger partial charge is 0.337 e. The molecule has 1 rings (SSSR count). The Hall–Kier alpha value is 0.350. The van der Waals surface area contributed by atoms with Crippen LogP contribution in [0.15, 0.2) is 6.07 Å². The van der Waals surface area contributed by atoms with Gasteiger partial charge in [-0.2, -0.15) is 0 Å². The van der Waals surface area contributed by atoms with Crippen LogP contribution in [0.1, 0.15) is 17.3 Å². The number of rotatable bonds is 4. The van der Waals surface area contributed by atoms with Crippen molar-refractivity contribution >= 4 is 85.2 Å². The summed E-state index contributed by atoms with van der Waals surface area (Å²) < 4.78 is 2.23. The third-order valence-corrected chi connectivity index (χ3v) is 4.68. The average Bonchev–Trinajstić information content (AvgIpc) is 2.14. The van der Waals surface area contributed by atoms with Crippen molar-refractivity contribution in [2.75, 3.05) is 11.9 Å². The standard InChI is InChI=1S/C10H8I3NO3/c1-4(15)3-14-9-6(12)2-5(11)7(8(9)13)10(16)17/h2,14H,3H2,1H3,(H,16,17). The van der Waals surface area contributed by atoms with Gasteiger partial charge in [-0.25, -0.2) is 4.79 Å². The van der Waals surface area contributed by atoms with Crippen molar-refractivity contribution < 1.29 is 14.7 Å². The molecular formula is C10H8I3NO3. The highest BCUT2D eigenvalue weighted by molar-refractivity contribution is 14.1. The van der Waals surface area contributed by atoms with Crippen LogP contribution < -0.4 is 5.32 Å². The molecule has 0 heterocycles. The molecule has 0 atom stereocenters. The van der Waals surface area contributed by atoms with Gasteiger partial charge in [0.25, 0.3) is 0 Å². The number of carbonyl (C=O) groups is 2. The molecule has 7 heteroatoms. The zero-order chi connectivity index (χ0) is 13.2. The van der Waals surface area contributed by atoms with E-state index in [1.807, 2.05) is 45.2 Å². The normalized spacial score (nSPS) is 10.1. The molecule has 17 heavy (non-hydrogen) atoms. The monoisotopic (exact) mass is 571 g/mol. The first-order valence-electron chi connectivity index (χ1n) is 4.48. The van der Waals surface area contributed by atoms with Crippen LogP contribution >= 0.6 is 67.8 Å². The van der Waals surface area contributed by atoms with Gasteiger partial charge in [0.15, 0.2) is 0 Å². The number of halogens is 3. The fourth-order valence-corrected chi connectivity index (χ4v) is 5.38. The minimum Gasteiger partial charge on any atom is -0.478 e. The maximum absolute atomic E-state index is 11.1. The van der Waals surface area contributed by atoms with Crippen molar-refractivity contribution in [1.82, 2.24) is 0 Å². The highest BCUT2D eigenvalue weighted by atomic mass is 127. The van der Waals surface area contributed by atoms with Gasteiger partial charge in [0.2, 0.25) is 0 Å². The Balaban J connectivity index is 3.25. The van der Waals surface area contributed by atoms with E-state index in [2.05, 4.69) is 27.9 Å². The van der Waals surface area contributed by atoms with E-state index < -0.39 is 5.97 Å². The lowest BCUT2D eigenvalue weighted by Crippen LogP contribution is -2.14. The Bertz CT molecular complexity index is 488. The predicted octanol–water partition coefficient (Wildman–Crippen LogP) is 3.20. The summed E-state index contributed by atoms with van der Waals surface area (Å²) in [5.41, 5.74) is 0.983. The number of Topliss-reactive ketones (excluding diaryl/α,β-unsaturated/α-hetero) is 1. The summed E-state index contributed by atoms with van der Waals surface area (Å²) in [4.78, 5) is 22.1. The Morgan fingerprint density at radius 2 is 1.88 bits per heavy atom. The summed E-state index contributed by atoms with van der Waals surface area (Å²) >= 11 is 6.11. The maximum atomic E-state index is 11.1. The van der Waals surface area contributed by atoms with Crippen LogP contribution in [0.4, 0.5) is 5.69 Å². The van der Waals surface area contributed by atoms with Crippen LogP contribution in [-0.2, 0) is 4.79 Å². The van der Waals surface area contributed by atoms with Crippen molar-refractivity contribution in [2.24, 2.45) is 0 Å². The molecule has 0 radical (unpaired) electrons. The molecule has 0 bridgehead atoms. The molecule has 1 aromatic carbocycles. The van der Waals surface area contributed by atoms with Gasteiger partial charge in [-0.15, -0.1) is 0 Å². The average molecular weight is 571 g/mol.